The third-order valence-electron chi connectivity index (χ3n) is 4.56. The first-order chi connectivity index (χ1) is 12.3. The number of carboxylic acids is 1. The molecular weight excluding hydrogens is 332 g/mol. The Bertz CT molecular complexity index is 692. The fourth-order valence-electron chi connectivity index (χ4n) is 3.05. The zero-order valence-corrected chi connectivity index (χ0v) is 16.6. The molecular formula is C20H32N2O4. The number of amides is 1. The highest BCUT2D eigenvalue weighted by Gasteiger charge is 2.26. The molecule has 6 nitrogen and oxygen atoms in total. The van der Waals surface area contributed by atoms with Crippen LogP contribution in [0.3, 0.4) is 0 Å². The minimum atomic E-state index is -1.10. The fraction of sp³-hybridized carbons (Fsp3) is 0.650. The summed E-state index contributed by atoms with van der Waals surface area (Å²) in [7, 11) is 0. The molecule has 1 atom stereocenters. The third-order valence-corrected chi connectivity index (χ3v) is 4.56. The predicted molar refractivity (Wildman–Crippen MR) is 103 cm³/mol. The quantitative estimate of drug-likeness (QED) is 0.668. The first-order valence-electron chi connectivity index (χ1n) is 9.57. The molecule has 0 spiro atoms. The van der Waals surface area contributed by atoms with Crippen LogP contribution in [0.25, 0.3) is 0 Å². The van der Waals surface area contributed by atoms with E-state index in [4.69, 9.17) is 0 Å². The van der Waals surface area contributed by atoms with Crippen LogP contribution in [0.15, 0.2) is 10.9 Å². The van der Waals surface area contributed by atoms with Gasteiger partial charge in [-0.3, -0.25) is 9.59 Å². The molecule has 6 heteroatoms. The van der Waals surface area contributed by atoms with Gasteiger partial charge in [-0.15, -0.1) is 0 Å². The second-order valence-corrected chi connectivity index (χ2v) is 6.98. The zero-order chi connectivity index (χ0) is 19.9. The first kappa shape index (κ1) is 21.9. The number of carbonyl (C=O) groups excluding carboxylic acids is 1. The van der Waals surface area contributed by atoms with Crippen molar-refractivity contribution in [2.45, 2.75) is 79.3 Å². The van der Waals surface area contributed by atoms with Gasteiger partial charge in [-0.05, 0) is 36.8 Å². The Balaban J connectivity index is 3.40. The number of aryl methyl sites for hydroxylation is 1. The van der Waals surface area contributed by atoms with Crippen molar-refractivity contribution >= 4 is 11.9 Å². The number of hydrogen-bond acceptors (Lipinski definition) is 3. The molecule has 0 fully saturated rings. The van der Waals surface area contributed by atoms with Crippen molar-refractivity contribution < 1.29 is 14.7 Å². The lowest BCUT2D eigenvalue weighted by Crippen LogP contribution is -2.46. The largest absolute Gasteiger partial charge is 0.480 e. The van der Waals surface area contributed by atoms with Gasteiger partial charge in [0, 0.05) is 12.2 Å². The van der Waals surface area contributed by atoms with Crippen molar-refractivity contribution in [2.24, 2.45) is 5.92 Å². The van der Waals surface area contributed by atoms with Gasteiger partial charge in [-0.1, -0.05) is 47.5 Å². The van der Waals surface area contributed by atoms with E-state index in [9.17, 15) is 19.5 Å². The van der Waals surface area contributed by atoms with E-state index in [2.05, 4.69) is 19.2 Å². The normalized spacial score (nSPS) is 12.2. The van der Waals surface area contributed by atoms with Crippen molar-refractivity contribution in [3.05, 3.63) is 33.2 Å². The molecule has 0 aliphatic heterocycles. The van der Waals surface area contributed by atoms with E-state index in [1.54, 1.807) is 24.5 Å². The van der Waals surface area contributed by atoms with Gasteiger partial charge in [0.15, 0.2) is 0 Å². The van der Waals surface area contributed by atoms with Gasteiger partial charge in [-0.25, -0.2) is 4.79 Å². The molecule has 0 unspecified atom stereocenters. The van der Waals surface area contributed by atoms with Gasteiger partial charge in [0.1, 0.15) is 11.6 Å². The summed E-state index contributed by atoms with van der Waals surface area (Å²) in [6.45, 7) is 10.1. The highest BCUT2D eigenvalue weighted by molar-refractivity contribution is 5.96. The molecule has 1 aromatic heterocycles. The van der Waals surface area contributed by atoms with Gasteiger partial charge in [0.05, 0.1) is 0 Å². The Morgan fingerprint density at radius 1 is 1.19 bits per heavy atom. The van der Waals surface area contributed by atoms with Crippen LogP contribution >= 0.6 is 0 Å². The van der Waals surface area contributed by atoms with Crippen molar-refractivity contribution in [3.8, 4) is 0 Å². The van der Waals surface area contributed by atoms with E-state index in [1.807, 2.05) is 6.92 Å². The average molecular weight is 364 g/mol. The molecule has 0 bridgehead atoms. The molecule has 0 saturated carbocycles. The van der Waals surface area contributed by atoms with Crippen LogP contribution in [-0.2, 0) is 24.2 Å². The fourth-order valence-corrected chi connectivity index (χ4v) is 3.05. The Morgan fingerprint density at radius 3 is 2.31 bits per heavy atom. The van der Waals surface area contributed by atoms with Gasteiger partial charge < -0.3 is 15.0 Å². The highest BCUT2D eigenvalue weighted by Crippen LogP contribution is 2.14. The van der Waals surface area contributed by atoms with E-state index in [0.717, 1.165) is 36.9 Å². The Morgan fingerprint density at radius 2 is 1.85 bits per heavy atom. The van der Waals surface area contributed by atoms with Gasteiger partial charge in [0.25, 0.3) is 11.5 Å². The topological polar surface area (TPSA) is 88.4 Å². The summed E-state index contributed by atoms with van der Waals surface area (Å²) in [6, 6.07) is 0.621. The molecule has 0 radical (unpaired) electrons. The molecule has 0 aliphatic rings. The van der Waals surface area contributed by atoms with E-state index in [-0.39, 0.29) is 17.0 Å². The lowest BCUT2D eigenvalue weighted by Gasteiger charge is -2.20. The van der Waals surface area contributed by atoms with E-state index < -0.39 is 17.9 Å². The minimum Gasteiger partial charge on any atom is -0.480 e. The number of carbonyl (C=O) groups is 2. The summed E-state index contributed by atoms with van der Waals surface area (Å²) in [5.41, 5.74) is 1.67. The highest BCUT2D eigenvalue weighted by atomic mass is 16.4. The molecule has 0 aliphatic carbocycles. The number of aromatic nitrogens is 1. The number of carboxylic acid groups (broad SMARTS) is 1. The molecule has 1 rings (SSSR count). The molecule has 1 aromatic rings. The van der Waals surface area contributed by atoms with Crippen molar-refractivity contribution in [1.82, 2.24) is 9.88 Å². The number of nitrogens with zero attached hydrogens (tertiary/aromatic N) is 1. The molecule has 1 amide bonds. The Hall–Kier alpha value is -2.11. The average Bonchev–Trinajstić information content (AvgIpc) is 2.58. The summed E-state index contributed by atoms with van der Waals surface area (Å²) in [4.78, 5) is 37.0. The van der Waals surface area contributed by atoms with Crippen LogP contribution in [0.5, 0.6) is 0 Å². The number of aliphatic carboxylic acids is 1. The summed E-state index contributed by atoms with van der Waals surface area (Å²) in [5.74, 6) is -1.99. The number of rotatable bonds is 10. The lowest BCUT2D eigenvalue weighted by atomic mass is 10.0. The number of unbranched alkanes of at least 4 members (excludes halogenated alkanes) is 1. The predicted octanol–water partition coefficient (Wildman–Crippen LogP) is 3.00. The monoisotopic (exact) mass is 364 g/mol. The Labute approximate surface area is 155 Å². The van der Waals surface area contributed by atoms with Crippen molar-refractivity contribution in [3.63, 3.8) is 0 Å². The lowest BCUT2D eigenvalue weighted by molar-refractivity contribution is -0.140. The summed E-state index contributed by atoms with van der Waals surface area (Å²) < 4.78 is 1.71. The first-order valence-corrected chi connectivity index (χ1v) is 9.57. The third kappa shape index (κ3) is 5.19. The molecule has 0 aromatic carbocycles. The van der Waals surface area contributed by atoms with Crippen LogP contribution in [0.1, 0.15) is 75.5 Å². The number of pyridine rings is 1. The smallest absolute Gasteiger partial charge is 0.326 e. The summed E-state index contributed by atoms with van der Waals surface area (Å²) in [5, 5.41) is 11.8. The summed E-state index contributed by atoms with van der Waals surface area (Å²) in [6.07, 6.45) is 4.22. The maximum atomic E-state index is 13.0. The van der Waals surface area contributed by atoms with Crippen LogP contribution in [0.2, 0.25) is 0 Å². The van der Waals surface area contributed by atoms with Gasteiger partial charge >= 0.3 is 5.97 Å². The molecule has 1 heterocycles. The maximum Gasteiger partial charge on any atom is 0.326 e. The van der Waals surface area contributed by atoms with E-state index >= 15 is 0 Å². The van der Waals surface area contributed by atoms with E-state index in [1.165, 1.54) is 0 Å². The Kier molecular flexibility index (Phi) is 8.55. The van der Waals surface area contributed by atoms with Crippen LogP contribution in [-0.4, -0.2) is 27.6 Å². The minimum absolute atomic E-state index is 0.0321. The van der Waals surface area contributed by atoms with Crippen molar-refractivity contribution in [2.75, 3.05) is 0 Å². The number of nitrogens with one attached hydrogen (secondary N) is 1. The second-order valence-electron chi connectivity index (χ2n) is 6.98. The van der Waals surface area contributed by atoms with E-state index in [0.29, 0.717) is 13.0 Å². The molecule has 2 N–H and O–H groups in total. The standard InChI is InChI=1S/C20H32N2O4/c1-6-9-11-22-16(10-7-2)14(8-3)12-15(19(22)24)18(23)21-17(13(4)5)20(25)26/h12-13,17H,6-11H2,1-5H3,(H,21,23)(H,25,26)/t17-/m0/s1. The molecule has 26 heavy (non-hydrogen) atoms. The van der Waals surface area contributed by atoms with Crippen LogP contribution in [0.4, 0.5) is 0 Å². The maximum absolute atomic E-state index is 13.0. The zero-order valence-electron chi connectivity index (χ0n) is 16.6. The van der Waals surface area contributed by atoms with Gasteiger partial charge in [-0.2, -0.15) is 0 Å². The molecule has 0 saturated heterocycles. The van der Waals surface area contributed by atoms with Crippen LogP contribution in [0, 0.1) is 5.92 Å². The van der Waals surface area contributed by atoms with Crippen molar-refractivity contribution in [1.29, 1.82) is 0 Å². The SMILES string of the molecule is CCCCn1c(CCC)c(CC)cc(C(=O)N[C@H](C(=O)O)C(C)C)c1=O. The summed E-state index contributed by atoms with van der Waals surface area (Å²) >= 11 is 0. The second kappa shape index (κ2) is 10.1. The van der Waals surface area contributed by atoms with Gasteiger partial charge in [0.2, 0.25) is 0 Å². The number of hydrogen-bond donors (Lipinski definition) is 2. The molecule has 146 valence electrons. The van der Waals surface area contributed by atoms with Crippen LogP contribution < -0.4 is 10.9 Å².